The number of nitrogens with one attached hydrogen (secondary N) is 1. The quantitative estimate of drug-likeness (QED) is 0.512. The van der Waals surface area contributed by atoms with Crippen LogP contribution in [0.1, 0.15) is 26.7 Å². The summed E-state index contributed by atoms with van der Waals surface area (Å²) in [6.07, 6.45) is -0.953. The van der Waals surface area contributed by atoms with Crippen molar-refractivity contribution in [2.24, 2.45) is 0 Å². The number of carboxylic acids is 1. The van der Waals surface area contributed by atoms with Gasteiger partial charge in [0.1, 0.15) is 12.2 Å². The molecule has 0 aliphatic carbocycles. The number of aryl methyl sites for hydroxylation is 1. The highest BCUT2D eigenvalue weighted by Crippen LogP contribution is 2.31. The van der Waals surface area contributed by atoms with Crippen LogP contribution in [-0.2, 0) is 9.53 Å². The van der Waals surface area contributed by atoms with Crippen LogP contribution in [0.3, 0.4) is 0 Å². The van der Waals surface area contributed by atoms with E-state index >= 15 is 0 Å². The molecule has 156 valence electrons. The molecule has 0 saturated heterocycles. The van der Waals surface area contributed by atoms with Crippen LogP contribution in [0.4, 0.5) is 10.5 Å². The lowest BCUT2D eigenvalue weighted by Gasteiger charge is -2.22. The normalized spacial score (nSPS) is 12.1. The Bertz CT molecular complexity index is 918. The number of aliphatic carboxylic acids is 1. The molecule has 1 amide bonds. The van der Waals surface area contributed by atoms with Crippen molar-refractivity contribution in [3.63, 3.8) is 0 Å². The van der Waals surface area contributed by atoms with Gasteiger partial charge in [-0.15, -0.1) is 0 Å². The molecule has 1 atom stereocenters. The zero-order chi connectivity index (χ0) is 21.8. The smallest absolute Gasteiger partial charge is 0.408 e. The lowest BCUT2D eigenvalue weighted by molar-refractivity contribution is -0.385. The van der Waals surface area contributed by atoms with Crippen LogP contribution in [0.2, 0.25) is 0 Å². The van der Waals surface area contributed by atoms with Gasteiger partial charge in [-0.3, -0.25) is 10.1 Å². The summed E-state index contributed by atoms with van der Waals surface area (Å²) < 4.78 is 15.1. The standard InChI is InChI=1S/C17H20N4O8/c1-9-18-14(20-29-9)10-5-6-13(12(7-10)21(25)26)27-8-11(15(22)23)19-16(24)28-17(2,3)4/h5-7,11H,8H2,1-4H3,(H,19,24)(H,22,23)/t11-/m0/s1. The van der Waals surface area contributed by atoms with Crippen molar-refractivity contribution in [3.8, 4) is 17.1 Å². The molecular weight excluding hydrogens is 388 g/mol. The minimum atomic E-state index is -1.48. The van der Waals surface area contributed by atoms with E-state index in [0.29, 0.717) is 11.5 Å². The maximum Gasteiger partial charge on any atom is 0.408 e. The van der Waals surface area contributed by atoms with E-state index in [1.807, 2.05) is 0 Å². The van der Waals surface area contributed by atoms with Crippen molar-refractivity contribution < 1.29 is 33.6 Å². The van der Waals surface area contributed by atoms with Crippen molar-refractivity contribution in [1.29, 1.82) is 0 Å². The van der Waals surface area contributed by atoms with Crippen molar-refractivity contribution in [2.45, 2.75) is 39.3 Å². The predicted octanol–water partition coefficient (Wildman–Crippen LogP) is 2.31. The molecule has 0 aliphatic rings. The molecule has 2 rings (SSSR count). The van der Waals surface area contributed by atoms with Crippen LogP contribution < -0.4 is 10.1 Å². The van der Waals surface area contributed by atoms with E-state index in [1.54, 1.807) is 27.7 Å². The molecule has 12 heteroatoms. The number of hydrogen-bond donors (Lipinski definition) is 2. The van der Waals surface area contributed by atoms with Gasteiger partial charge in [0, 0.05) is 18.6 Å². The van der Waals surface area contributed by atoms with E-state index in [4.69, 9.17) is 14.0 Å². The fraction of sp³-hybridized carbons (Fsp3) is 0.412. The highest BCUT2D eigenvalue weighted by Gasteiger charge is 2.26. The van der Waals surface area contributed by atoms with Gasteiger partial charge in [0.2, 0.25) is 11.7 Å². The average molecular weight is 408 g/mol. The van der Waals surface area contributed by atoms with Crippen molar-refractivity contribution in [3.05, 3.63) is 34.2 Å². The second-order valence-electron chi connectivity index (χ2n) is 6.92. The first-order chi connectivity index (χ1) is 13.5. The molecule has 1 aromatic carbocycles. The molecule has 1 aromatic heterocycles. The monoisotopic (exact) mass is 408 g/mol. The third-order valence-electron chi connectivity index (χ3n) is 3.34. The van der Waals surface area contributed by atoms with Gasteiger partial charge in [0.05, 0.1) is 4.92 Å². The van der Waals surface area contributed by atoms with Gasteiger partial charge in [-0.2, -0.15) is 4.98 Å². The molecule has 12 nitrogen and oxygen atoms in total. The highest BCUT2D eigenvalue weighted by molar-refractivity contribution is 5.80. The second kappa shape index (κ2) is 8.54. The summed E-state index contributed by atoms with van der Waals surface area (Å²) in [6.45, 7) is 5.88. The van der Waals surface area contributed by atoms with Gasteiger partial charge >= 0.3 is 17.7 Å². The number of aromatic nitrogens is 2. The Balaban J connectivity index is 2.15. The Morgan fingerprint density at radius 2 is 2.07 bits per heavy atom. The molecule has 0 radical (unpaired) electrons. The largest absolute Gasteiger partial charge is 0.484 e. The van der Waals surface area contributed by atoms with Crippen molar-refractivity contribution >= 4 is 17.7 Å². The number of ether oxygens (including phenoxy) is 2. The molecule has 0 bridgehead atoms. The summed E-state index contributed by atoms with van der Waals surface area (Å²) in [5.41, 5.74) is -0.926. The first-order valence-electron chi connectivity index (χ1n) is 8.40. The number of rotatable bonds is 7. The van der Waals surface area contributed by atoms with Crippen LogP contribution in [0.25, 0.3) is 11.4 Å². The Morgan fingerprint density at radius 3 is 2.59 bits per heavy atom. The first kappa shape index (κ1) is 21.6. The molecular formula is C17H20N4O8. The highest BCUT2D eigenvalue weighted by atomic mass is 16.6. The lowest BCUT2D eigenvalue weighted by Crippen LogP contribution is -2.46. The van der Waals surface area contributed by atoms with E-state index in [0.717, 1.165) is 0 Å². The molecule has 29 heavy (non-hydrogen) atoms. The third-order valence-corrected chi connectivity index (χ3v) is 3.34. The SMILES string of the molecule is Cc1nc(-c2ccc(OC[C@H](NC(=O)OC(C)(C)C)C(=O)O)c([N+](=O)[O-])c2)no1. The van der Waals surface area contributed by atoms with Crippen molar-refractivity contribution in [2.75, 3.05) is 6.61 Å². The van der Waals surface area contributed by atoms with Gasteiger partial charge in [-0.25, -0.2) is 9.59 Å². The fourth-order valence-electron chi connectivity index (χ4n) is 2.14. The number of carboxylic acid groups (broad SMARTS) is 1. The number of carbonyl (C=O) groups excluding carboxylic acids is 1. The number of carbonyl (C=O) groups is 2. The Hall–Kier alpha value is -3.70. The minimum absolute atomic E-state index is 0.159. The molecule has 1 heterocycles. The molecule has 0 unspecified atom stereocenters. The zero-order valence-electron chi connectivity index (χ0n) is 16.2. The first-order valence-corrected chi connectivity index (χ1v) is 8.40. The molecule has 0 fully saturated rings. The number of nitrogens with zero attached hydrogens (tertiary/aromatic N) is 3. The maximum absolute atomic E-state index is 11.8. The summed E-state index contributed by atoms with van der Waals surface area (Å²) in [7, 11) is 0. The summed E-state index contributed by atoms with van der Waals surface area (Å²) >= 11 is 0. The number of hydrogen-bond acceptors (Lipinski definition) is 9. The fourth-order valence-corrected chi connectivity index (χ4v) is 2.14. The summed E-state index contributed by atoms with van der Waals surface area (Å²) in [4.78, 5) is 37.8. The molecule has 0 saturated carbocycles. The molecule has 0 spiro atoms. The second-order valence-corrected chi connectivity index (χ2v) is 6.92. The van der Waals surface area contributed by atoms with E-state index in [1.165, 1.54) is 18.2 Å². The van der Waals surface area contributed by atoms with Crippen LogP contribution >= 0.6 is 0 Å². The van der Waals surface area contributed by atoms with Gasteiger partial charge in [0.15, 0.2) is 11.8 Å². The van der Waals surface area contributed by atoms with Crippen LogP contribution in [0.5, 0.6) is 5.75 Å². The van der Waals surface area contributed by atoms with Crippen LogP contribution in [-0.4, -0.2) is 50.5 Å². The van der Waals surface area contributed by atoms with E-state index in [-0.39, 0.29) is 11.6 Å². The number of nitro groups is 1. The van der Waals surface area contributed by atoms with Crippen molar-refractivity contribution in [1.82, 2.24) is 15.5 Å². The molecule has 0 aliphatic heterocycles. The van der Waals surface area contributed by atoms with Gasteiger partial charge < -0.3 is 24.4 Å². The topological polar surface area (TPSA) is 167 Å². The maximum atomic E-state index is 11.8. The zero-order valence-corrected chi connectivity index (χ0v) is 16.2. The lowest BCUT2D eigenvalue weighted by atomic mass is 10.2. The predicted molar refractivity (Wildman–Crippen MR) is 97.4 cm³/mol. The van der Waals surface area contributed by atoms with E-state index in [9.17, 15) is 24.8 Å². The van der Waals surface area contributed by atoms with E-state index in [2.05, 4.69) is 15.5 Å². The summed E-state index contributed by atoms with van der Waals surface area (Å²) in [6, 6.07) is 2.44. The molecule has 2 N–H and O–H groups in total. The number of benzene rings is 1. The Labute approximate surface area is 165 Å². The minimum Gasteiger partial charge on any atom is -0.484 e. The Morgan fingerprint density at radius 1 is 1.38 bits per heavy atom. The number of nitro benzene ring substituents is 1. The number of alkyl carbamates (subject to hydrolysis) is 1. The van der Waals surface area contributed by atoms with Gasteiger partial charge in [-0.05, 0) is 32.9 Å². The number of amides is 1. The van der Waals surface area contributed by atoms with Gasteiger partial charge in [-0.1, -0.05) is 5.16 Å². The van der Waals surface area contributed by atoms with E-state index < -0.39 is 40.9 Å². The third kappa shape index (κ3) is 6.16. The summed E-state index contributed by atoms with van der Waals surface area (Å²) in [5, 5.41) is 26.5. The average Bonchev–Trinajstić information content (AvgIpc) is 3.03. The van der Waals surface area contributed by atoms with Crippen LogP contribution in [0.15, 0.2) is 22.7 Å². The molecule has 2 aromatic rings. The van der Waals surface area contributed by atoms with Crippen LogP contribution in [0, 0.1) is 17.0 Å². The summed E-state index contributed by atoms with van der Waals surface area (Å²) in [5.74, 6) is -1.12. The Kier molecular flexibility index (Phi) is 6.36. The van der Waals surface area contributed by atoms with Gasteiger partial charge in [0.25, 0.3) is 0 Å².